The van der Waals surface area contributed by atoms with Gasteiger partial charge in [-0.15, -0.1) is 24.4 Å². The van der Waals surface area contributed by atoms with Crippen LogP contribution in [0.3, 0.4) is 0 Å². The molecule has 96 valence electrons. The third kappa shape index (κ3) is 14.8. The zero-order chi connectivity index (χ0) is 12.1. The molecule has 0 aliphatic heterocycles. The van der Waals surface area contributed by atoms with Crippen LogP contribution < -0.4 is 0 Å². The molecule has 16 heavy (non-hydrogen) atoms. The van der Waals surface area contributed by atoms with Crippen LogP contribution in [0.4, 0.5) is 0 Å². The number of unbranched alkanes of at least 4 members (excludes halogenated alkanes) is 9. The van der Waals surface area contributed by atoms with E-state index in [0.717, 1.165) is 9.28 Å². The van der Waals surface area contributed by atoms with Gasteiger partial charge in [0, 0.05) is 0 Å². The molecule has 0 aliphatic rings. The summed E-state index contributed by atoms with van der Waals surface area (Å²) in [5.41, 5.74) is 0. The second-order valence-corrected chi connectivity index (χ2v) is 7.12. The molecular weight excluding hydrogens is 252 g/mol. The maximum absolute atomic E-state index is 4.89. The highest BCUT2D eigenvalue weighted by atomic mass is 32.2. The van der Waals surface area contributed by atoms with Crippen LogP contribution in [0.15, 0.2) is 0 Å². The Hall–Kier alpha value is 0.790. The molecule has 0 unspecified atom stereocenters. The van der Waals surface area contributed by atoms with E-state index in [0.29, 0.717) is 0 Å². The van der Waals surface area contributed by atoms with Gasteiger partial charge in [-0.05, 0) is 12.2 Å². The summed E-state index contributed by atoms with van der Waals surface area (Å²) >= 11 is 10.7. The first kappa shape index (κ1) is 16.8. The standard InChI is InChI=1S/C13H26S3/c1-2-3-4-5-6-7-8-9-10-11-12-16-13(14)15/h2-12H2,1H3,(H,14,15). The Morgan fingerprint density at radius 1 is 0.875 bits per heavy atom. The van der Waals surface area contributed by atoms with Crippen molar-refractivity contribution < 1.29 is 0 Å². The van der Waals surface area contributed by atoms with Crippen molar-refractivity contribution in [3.05, 3.63) is 0 Å². The van der Waals surface area contributed by atoms with Gasteiger partial charge in [-0.25, -0.2) is 0 Å². The van der Waals surface area contributed by atoms with Gasteiger partial charge in [0.2, 0.25) is 0 Å². The SMILES string of the molecule is CCCCCCCCCCCCSC(=S)S. The quantitative estimate of drug-likeness (QED) is 0.286. The number of thiol groups is 1. The van der Waals surface area contributed by atoms with Crippen molar-refractivity contribution in [1.29, 1.82) is 0 Å². The normalized spacial score (nSPS) is 10.6. The molecule has 3 heteroatoms. The summed E-state index contributed by atoms with van der Waals surface area (Å²) in [4.78, 5) is 0. The van der Waals surface area contributed by atoms with E-state index in [1.165, 1.54) is 64.2 Å². The lowest BCUT2D eigenvalue weighted by atomic mass is 10.1. The molecule has 0 heterocycles. The Balaban J connectivity index is 2.90. The molecule has 0 atom stereocenters. The predicted molar refractivity (Wildman–Crippen MR) is 85.9 cm³/mol. The van der Waals surface area contributed by atoms with E-state index in [-0.39, 0.29) is 0 Å². The summed E-state index contributed by atoms with van der Waals surface area (Å²) in [5.74, 6) is 1.15. The van der Waals surface area contributed by atoms with E-state index in [9.17, 15) is 0 Å². The van der Waals surface area contributed by atoms with Crippen molar-refractivity contribution in [3.8, 4) is 0 Å². The second kappa shape index (κ2) is 13.9. The Morgan fingerprint density at radius 3 is 1.75 bits per heavy atom. The Morgan fingerprint density at radius 2 is 1.31 bits per heavy atom. The van der Waals surface area contributed by atoms with Gasteiger partial charge in [0.25, 0.3) is 0 Å². The average Bonchev–Trinajstić information content (AvgIpc) is 2.25. The van der Waals surface area contributed by atoms with Crippen LogP contribution in [-0.4, -0.2) is 9.28 Å². The van der Waals surface area contributed by atoms with E-state index in [4.69, 9.17) is 12.2 Å². The summed E-state index contributed by atoms with van der Waals surface area (Å²) in [6.45, 7) is 2.27. The maximum atomic E-state index is 4.89. The summed E-state index contributed by atoms with van der Waals surface area (Å²) in [5, 5.41) is 0. The highest BCUT2D eigenvalue weighted by Crippen LogP contribution is 2.14. The van der Waals surface area contributed by atoms with Crippen molar-refractivity contribution in [2.75, 3.05) is 5.75 Å². The fourth-order valence-corrected chi connectivity index (χ4v) is 2.80. The molecule has 0 aromatic carbocycles. The molecule has 0 fully saturated rings. The van der Waals surface area contributed by atoms with Gasteiger partial charge >= 0.3 is 0 Å². The molecule has 0 amide bonds. The molecule has 0 radical (unpaired) electrons. The van der Waals surface area contributed by atoms with Crippen molar-refractivity contribution in [1.82, 2.24) is 0 Å². The monoisotopic (exact) mass is 278 g/mol. The third-order valence-electron chi connectivity index (χ3n) is 2.72. The van der Waals surface area contributed by atoms with Gasteiger partial charge in [0.1, 0.15) is 3.53 Å². The Bertz CT molecular complexity index is 157. The lowest BCUT2D eigenvalue weighted by molar-refractivity contribution is 0.563. The number of thiocarbonyl (C=S) groups is 1. The lowest BCUT2D eigenvalue weighted by Crippen LogP contribution is -1.84. The van der Waals surface area contributed by atoms with E-state index < -0.39 is 0 Å². The highest BCUT2D eigenvalue weighted by Gasteiger charge is 1.94. The molecule has 0 N–H and O–H groups in total. The zero-order valence-corrected chi connectivity index (χ0v) is 13.1. The first-order chi connectivity index (χ1) is 7.77. The van der Waals surface area contributed by atoms with Crippen LogP contribution in [0.1, 0.15) is 71.1 Å². The smallest absolute Gasteiger partial charge is 0.101 e. The molecule has 0 aromatic rings. The minimum atomic E-state index is 0.788. The molecular formula is C13H26S3. The second-order valence-electron chi connectivity index (χ2n) is 4.30. The largest absolute Gasteiger partial charge is 0.125 e. The van der Waals surface area contributed by atoms with Gasteiger partial charge < -0.3 is 0 Å². The van der Waals surface area contributed by atoms with E-state index in [1.54, 1.807) is 11.8 Å². The first-order valence-corrected chi connectivity index (χ1v) is 8.47. The van der Waals surface area contributed by atoms with Crippen LogP contribution in [0, 0.1) is 0 Å². The predicted octanol–water partition coefficient (Wildman–Crippen LogP) is 5.86. The molecule has 0 spiro atoms. The molecule has 0 rings (SSSR count). The van der Waals surface area contributed by atoms with Crippen molar-refractivity contribution in [2.45, 2.75) is 71.1 Å². The van der Waals surface area contributed by atoms with Crippen molar-refractivity contribution in [2.24, 2.45) is 0 Å². The van der Waals surface area contributed by atoms with Gasteiger partial charge in [-0.1, -0.05) is 76.9 Å². The van der Waals surface area contributed by atoms with Crippen LogP contribution in [0.2, 0.25) is 0 Å². The summed E-state index contributed by atoms with van der Waals surface area (Å²) in [6.07, 6.45) is 14.0. The summed E-state index contributed by atoms with van der Waals surface area (Å²) in [7, 11) is 0. The van der Waals surface area contributed by atoms with Gasteiger partial charge in [0.05, 0.1) is 0 Å². The van der Waals surface area contributed by atoms with Crippen molar-refractivity contribution >= 4 is 40.1 Å². The van der Waals surface area contributed by atoms with Crippen LogP contribution >= 0.6 is 36.6 Å². The molecule has 0 saturated heterocycles. The number of hydrogen-bond acceptors (Lipinski definition) is 2. The zero-order valence-electron chi connectivity index (χ0n) is 10.5. The fraction of sp³-hybridized carbons (Fsp3) is 0.923. The molecule has 0 aromatic heterocycles. The van der Waals surface area contributed by atoms with Gasteiger partial charge in [0.15, 0.2) is 0 Å². The van der Waals surface area contributed by atoms with Gasteiger partial charge in [-0.3, -0.25) is 0 Å². The Labute approximate surface area is 117 Å². The molecule has 0 nitrogen and oxygen atoms in total. The first-order valence-electron chi connectivity index (χ1n) is 6.63. The molecule has 0 aliphatic carbocycles. The van der Waals surface area contributed by atoms with Crippen LogP contribution in [0.5, 0.6) is 0 Å². The Kier molecular flexibility index (Phi) is 14.5. The maximum Gasteiger partial charge on any atom is 0.101 e. The molecule has 0 saturated carbocycles. The fourth-order valence-electron chi connectivity index (χ4n) is 1.75. The summed E-state index contributed by atoms with van der Waals surface area (Å²) < 4.78 is 0.788. The number of rotatable bonds is 11. The van der Waals surface area contributed by atoms with E-state index in [1.807, 2.05) is 0 Å². The topological polar surface area (TPSA) is 0 Å². The number of hydrogen-bond donors (Lipinski definition) is 1. The minimum absolute atomic E-state index is 0.788. The average molecular weight is 279 g/mol. The third-order valence-corrected chi connectivity index (χ3v) is 4.20. The van der Waals surface area contributed by atoms with Crippen molar-refractivity contribution in [3.63, 3.8) is 0 Å². The summed E-state index contributed by atoms with van der Waals surface area (Å²) in [6, 6.07) is 0. The van der Waals surface area contributed by atoms with E-state index in [2.05, 4.69) is 19.6 Å². The van der Waals surface area contributed by atoms with E-state index >= 15 is 0 Å². The van der Waals surface area contributed by atoms with Crippen LogP contribution in [-0.2, 0) is 0 Å². The van der Waals surface area contributed by atoms with Gasteiger partial charge in [-0.2, -0.15) is 0 Å². The molecule has 0 bridgehead atoms. The minimum Gasteiger partial charge on any atom is -0.125 e. The van der Waals surface area contributed by atoms with Crippen LogP contribution in [0.25, 0.3) is 0 Å². The lowest BCUT2D eigenvalue weighted by Gasteiger charge is -2.01. The highest BCUT2D eigenvalue weighted by molar-refractivity contribution is 8.41. The number of thioether (sulfide) groups is 1.